The molecule has 2 aliphatic carbocycles. The molecule has 86 valence electrons. The minimum absolute atomic E-state index is 0.292. The number of rotatable bonds is 2. The van der Waals surface area contributed by atoms with Gasteiger partial charge in [-0.1, -0.05) is 19.8 Å². The first kappa shape index (κ1) is 11.1. The van der Waals surface area contributed by atoms with Crippen molar-refractivity contribution in [3.05, 3.63) is 0 Å². The summed E-state index contributed by atoms with van der Waals surface area (Å²) in [5.41, 5.74) is 5.87. The predicted molar refractivity (Wildman–Crippen MR) is 61.4 cm³/mol. The van der Waals surface area contributed by atoms with Gasteiger partial charge in [0.2, 0.25) is 0 Å². The van der Waals surface area contributed by atoms with Crippen LogP contribution in [0.4, 0.5) is 0 Å². The van der Waals surface area contributed by atoms with Crippen LogP contribution in [0.25, 0.3) is 0 Å². The average Bonchev–Trinajstić information content (AvgIpc) is 2.64. The first-order valence-corrected chi connectivity index (χ1v) is 6.46. The maximum Gasteiger partial charge on any atom is 0.139 e. The van der Waals surface area contributed by atoms with Gasteiger partial charge in [-0.05, 0) is 38.0 Å². The minimum Gasteiger partial charge on any atom is -0.328 e. The van der Waals surface area contributed by atoms with Gasteiger partial charge < -0.3 is 5.73 Å². The average molecular weight is 209 g/mol. The van der Waals surface area contributed by atoms with Crippen molar-refractivity contribution in [2.75, 3.05) is 0 Å². The fraction of sp³-hybridized carbons (Fsp3) is 0.923. The number of hydrogen-bond donors (Lipinski definition) is 1. The van der Waals surface area contributed by atoms with Crippen LogP contribution in [0.2, 0.25) is 0 Å². The van der Waals surface area contributed by atoms with Crippen LogP contribution in [0, 0.1) is 17.8 Å². The Balaban J connectivity index is 1.89. The maximum atomic E-state index is 12.2. The highest BCUT2D eigenvalue weighted by Crippen LogP contribution is 2.35. The van der Waals surface area contributed by atoms with E-state index in [9.17, 15) is 4.79 Å². The third kappa shape index (κ3) is 2.60. The van der Waals surface area contributed by atoms with E-state index in [0.717, 1.165) is 38.0 Å². The molecular weight excluding hydrogens is 186 g/mol. The Morgan fingerprint density at radius 3 is 2.40 bits per heavy atom. The van der Waals surface area contributed by atoms with Crippen molar-refractivity contribution < 1.29 is 4.79 Å². The lowest BCUT2D eigenvalue weighted by molar-refractivity contribution is -0.128. The fourth-order valence-electron chi connectivity index (χ4n) is 3.30. The fourth-order valence-corrected chi connectivity index (χ4v) is 3.30. The molecule has 0 aromatic rings. The lowest BCUT2D eigenvalue weighted by atomic mass is 9.77. The first-order valence-electron chi connectivity index (χ1n) is 6.46. The second-order valence-electron chi connectivity index (χ2n) is 5.64. The van der Waals surface area contributed by atoms with E-state index >= 15 is 0 Å². The molecule has 2 fully saturated rings. The highest BCUT2D eigenvalue weighted by molar-refractivity contribution is 5.83. The molecule has 4 atom stereocenters. The Morgan fingerprint density at radius 2 is 1.80 bits per heavy atom. The van der Waals surface area contributed by atoms with Gasteiger partial charge in [-0.2, -0.15) is 0 Å². The van der Waals surface area contributed by atoms with Crippen LogP contribution in [-0.4, -0.2) is 11.8 Å². The van der Waals surface area contributed by atoms with Crippen molar-refractivity contribution in [1.29, 1.82) is 0 Å². The van der Waals surface area contributed by atoms with Crippen LogP contribution in [0.5, 0.6) is 0 Å². The smallest absolute Gasteiger partial charge is 0.139 e. The van der Waals surface area contributed by atoms with Gasteiger partial charge in [0, 0.05) is 17.9 Å². The summed E-state index contributed by atoms with van der Waals surface area (Å²) in [7, 11) is 0. The summed E-state index contributed by atoms with van der Waals surface area (Å²) in [6.45, 7) is 2.28. The van der Waals surface area contributed by atoms with Crippen molar-refractivity contribution in [1.82, 2.24) is 0 Å². The van der Waals surface area contributed by atoms with Gasteiger partial charge in [-0.25, -0.2) is 0 Å². The highest BCUT2D eigenvalue weighted by atomic mass is 16.1. The molecule has 0 spiro atoms. The molecule has 2 heteroatoms. The molecule has 15 heavy (non-hydrogen) atoms. The number of ketones is 1. The Morgan fingerprint density at radius 1 is 1.07 bits per heavy atom. The largest absolute Gasteiger partial charge is 0.328 e. The van der Waals surface area contributed by atoms with E-state index in [1.165, 1.54) is 12.8 Å². The zero-order valence-electron chi connectivity index (χ0n) is 9.74. The Hall–Kier alpha value is -0.370. The third-order valence-corrected chi connectivity index (χ3v) is 4.21. The van der Waals surface area contributed by atoms with Gasteiger partial charge in [-0.3, -0.25) is 4.79 Å². The maximum absolute atomic E-state index is 12.2. The molecule has 0 saturated heterocycles. The summed E-state index contributed by atoms with van der Waals surface area (Å²) in [6.07, 6.45) is 7.87. The molecule has 0 aromatic carbocycles. The van der Waals surface area contributed by atoms with Crippen LogP contribution < -0.4 is 5.73 Å². The molecular formula is C13H23NO. The van der Waals surface area contributed by atoms with Crippen molar-refractivity contribution in [2.24, 2.45) is 23.5 Å². The summed E-state index contributed by atoms with van der Waals surface area (Å²) < 4.78 is 0. The van der Waals surface area contributed by atoms with Crippen LogP contribution in [0.1, 0.15) is 51.9 Å². The number of Topliss-reactive ketones (excluding diaryl/α,β-unsaturated/α-hetero) is 1. The van der Waals surface area contributed by atoms with Crippen LogP contribution in [-0.2, 0) is 4.79 Å². The lowest BCUT2D eigenvalue weighted by Crippen LogP contribution is -2.27. The third-order valence-electron chi connectivity index (χ3n) is 4.21. The van der Waals surface area contributed by atoms with Gasteiger partial charge in [0.05, 0.1) is 0 Å². The zero-order chi connectivity index (χ0) is 10.8. The van der Waals surface area contributed by atoms with Crippen LogP contribution in [0.15, 0.2) is 0 Å². The Kier molecular flexibility index (Phi) is 3.45. The van der Waals surface area contributed by atoms with Crippen molar-refractivity contribution in [3.8, 4) is 0 Å². The summed E-state index contributed by atoms with van der Waals surface area (Å²) in [4.78, 5) is 12.2. The molecule has 0 aromatic heterocycles. The molecule has 2 rings (SSSR count). The molecule has 2 aliphatic rings. The van der Waals surface area contributed by atoms with Gasteiger partial charge in [0.1, 0.15) is 5.78 Å². The molecule has 0 bridgehead atoms. The number of carbonyl (C=O) groups excluding carboxylic acids is 1. The summed E-state index contributed by atoms with van der Waals surface area (Å²) in [5.74, 6) is 1.96. The predicted octanol–water partition coefficient (Wildman–Crippen LogP) is 2.51. The SMILES string of the molecule is CC1CCCC(C(=O)C2CCC(N)C2)C1. The minimum atomic E-state index is 0.292. The van der Waals surface area contributed by atoms with E-state index in [-0.39, 0.29) is 0 Å². The van der Waals surface area contributed by atoms with Crippen molar-refractivity contribution in [2.45, 2.75) is 57.9 Å². The highest BCUT2D eigenvalue weighted by Gasteiger charge is 2.33. The second-order valence-corrected chi connectivity index (χ2v) is 5.64. The van der Waals surface area contributed by atoms with Gasteiger partial charge >= 0.3 is 0 Å². The normalized spacial score (nSPS) is 41.7. The van der Waals surface area contributed by atoms with Gasteiger partial charge in [-0.15, -0.1) is 0 Å². The Labute approximate surface area is 92.6 Å². The van der Waals surface area contributed by atoms with E-state index in [2.05, 4.69) is 6.92 Å². The van der Waals surface area contributed by atoms with E-state index in [1.807, 2.05) is 0 Å². The van der Waals surface area contributed by atoms with Gasteiger partial charge in [0.25, 0.3) is 0 Å². The standard InChI is InChI=1S/C13H23NO/c1-9-3-2-4-10(7-9)13(15)11-5-6-12(14)8-11/h9-12H,2-8,14H2,1H3. The monoisotopic (exact) mass is 209 g/mol. The summed E-state index contributed by atoms with van der Waals surface area (Å²) in [6, 6.07) is 0.292. The van der Waals surface area contributed by atoms with Gasteiger partial charge in [0.15, 0.2) is 0 Å². The first-order chi connectivity index (χ1) is 7.16. The molecule has 0 amide bonds. The number of hydrogen-bond acceptors (Lipinski definition) is 2. The van der Waals surface area contributed by atoms with Crippen molar-refractivity contribution in [3.63, 3.8) is 0 Å². The number of nitrogens with two attached hydrogens (primary N) is 1. The van der Waals surface area contributed by atoms with E-state index in [0.29, 0.717) is 23.7 Å². The zero-order valence-corrected chi connectivity index (χ0v) is 9.74. The lowest BCUT2D eigenvalue weighted by Gasteiger charge is -2.27. The van der Waals surface area contributed by atoms with E-state index < -0.39 is 0 Å². The quantitative estimate of drug-likeness (QED) is 0.759. The summed E-state index contributed by atoms with van der Waals surface area (Å²) in [5, 5.41) is 0. The van der Waals surface area contributed by atoms with Crippen LogP contribution in [0.3, 0.4) is 0 Å². The summed E-state index contributed by atoms with van der Waals surface area (Å²) >= 11 is 0. The van der Waals surface area contributed by atoms with Crippen LogP contribution >= 0.6 is 0 Å². The molecule has 4 unspecified atom stereocenters. The second kappa shape index (κ2) is 4.65. The molecule has 2 saturated carbocycles. The molecule has 2 N–H and O–H groups in total. The molecule has 0 aliphatic heterocycles. The molecule has 0 radical (unpaired) electrons. The van der Waals surface area contributed by atoms with Crippen molar-refractivity contribution >= 4 is 5.78 Å². The topological polar surface area (TPSA) is 43.1 Å². The molecule has 0 heterocycles. The number of carbonyl (C=O) groups is 1. The molecule has 2 nitrogen and oxygen atoms in total. The van der Waals surface area contributed by atoms with E-state index in [1.54, 1.807) is 0 Å². The van der Waals surface area contributed by atoms with E-state index in [4.69, 9.17) is 5.73 Å². The Bertz CT molecular complexity index is 239.